The van der Waals surface area contributed by atoms with E-state index < -0.39 is 0 Å². The van der Waals surface area contributed by atoms with Crippen molar-refractivity contribution in [2.24, 2.45) is 5.73 Å². The zero-order valence-corrected chi connectivity index (χ0v) is 19.3. The summed E-state index contributed by atoms with van der Waals surface area (Å²) in [7, 11) is 0. The van der Waals surface area contributed by atoms with Crippen molar-refractivity contribution in [3.05, 3.63) is 52.3 Å². The molecule has 0 saturated carbocycles. The summed E-state index contributed by atoms with van der Waals surface area (Å²) in [6.07, 6.45) is 3.61. The fourth-order valence-electron chi connectivity index (χ4n) is 3.86. The number of ether oxygens (including phenoxy) is 3. The molecule has 3 N–H and O–H groups in total. The van der Waals surface area contributed by atoms with E-state index in [1.807, 2.05) is 13.0 Å². The molecular formula is C24H34N4O5. The van der Waals surface area contributed by atoms with E-state index in [4.69, 9.17) is 25.0 Å². The molecule has 0 fully saturated rings. The molecule has 9 nitrogen and oxygen atoms in total. The molecule has 0 radical (unpaired) electrons. The molecule has 1 aliphatic heterocycles. The number of rotatable bonds is 9. The van der Waals surface area contributed by atoms with Gasteiger partial charge in [-0.2, -0.15) is 5.10 Å². The van der Waals surface area contributed by atoms with Crippen molar-refractivity contribution in [2.75, 3.05) is 33.1 Å². The van der Waals surface area contributed by atoms with Crippen molar-refractivity contribution in [3.8, 4) is 0 Å². The standard InChI is InChI=1S/C24H34N4O5/c1-2-28-22-20(9-4-12-31-13-6-11-26-23(22)29)21(27-28)10-5-14-33-24(30)19-8-3-7-18(15-19)16-32-17-25/h3,7-8,15H,2,4-6,9-14,16-17,25H2,1H3,(H,26,29). The van der Waals surface area contributed by atoms with Gasteiger partial charge in [-0.05, 0) is 56.7 Å². The van der Waals surface area contributed by atoms with Gasteiger partial charge in [0.05, 0.1) is 31.2 Å². The number of hydrogen-bond donors (Lipinski definition) is 2. The number of aromatic nitrogens is 2. The van der Waals surface area contributed by atoms with Gasteiger partial charge < -0.3 is 25.3 Å². The fraction of sp³-hybridized carbons (Fsp3) is 0.542. The van der Waals surface area contributed by atoms with E-state index in [1.165, 1.54) is 0 Å². The van der Waals surface area contributed by atoms with Crippen LogP contribution in [0.4, 0.5) is 0 Å². The predicted octanol–water partition coefficient (Wildman–Crippen LogP) is 2.21. The topological polar surface area (TPSA) is 118 Å². The molecule has 2 aromatic rings. The third kappa shape index (κ3) is 7.12. The van der Waals surface area contributed by atoms with E-state index in [0.717, 1.165) is 36.1 Å². The van der Waals surface area contributed by atoms with Crippen LogP contribution in [-0.4, -0.2) is 54.8 Å². The highest BCUT2D eigenvalue weighted by Crippen LogP contribution is 2.20. The maximum absolute atomic E-state index is 12.8. The number of nitrogens with one attached hydrogen (secondary N) is 1. The van der Waals surface area contributed by atoms with Crippen LogP contribution in [0.25, 0.3) is 0 Å². The van der Waals surface area contributed by atoms with E-state index in [0.29, 0.717) is 57.0 Å². The maximum Gasteiger partial charge on any atom is 0.338 e. The molecule has 2 heterocycles. The largest absolute Gasteiger partial charge is 0.462 e. The van der Waals surface area contributed by atoms with Gasteiger partial charge in [-0.15, -0.1) is 0 Å². The summed E-state index contributed by atoms with van der Waals surface area (Å²) in [6, 6.07) is 7.13. The second-order valence-corrected chi connectivity index (χ2v) is 7.87. The van der Waals surface area contributed by atoms with E-state index >= 15 is 0 Å². The van der Waals surface area contributed by atoms with Gasteiger partial charge in [0.25, 0.3) is 5.91 Å². The first-order valence-corrected chi connectivity index (χ1v) is 11.6. The van der Waals surface area contributed by atoms with Crippen LogP contribution < -0.4 is 11.1 Å². The summed E-state index contributed by atoms with van der Waals surface area (Å²) in [4.78, 5) is 25.2. The van der Waals surface area contributed by atoms with Crippen molar-refractivity contribution < 1.29 is 23.8 Å². The highest BCUT2D eigenvalue weighted by molar-refractivity contribution is 5.94. The van der Waals surface area contributed by atoms with Crippen LogP contribution in [0.15, 0.2) is 24.3 Å². The normalized spacial score (nSPS) is 14.8. The monoisotopic (exact) mass is 458 g/mol. The molecule has 33 heavy (non-hydrogen) atoms. The van der Waals surface area contributed by atoms with Crippen LogP contribution in [0.2, 0.25) is 0 Å². The smallest absolute Gasteiger partial charge is 0.338 e. The summed E-state index contributed by atoms with van der Waals surface area (Å²) in [5.74, 6) is -0.461. The number of hydrogen-bond acceptors (Lipinski definition) is 7. The molecule has 0 saturated heterocycles. The summed E-state index contributed by atoms with van der Waals surface area (Å²) in [6.45, 7) is 5.24. The Kier molecular flexibility index (Phi) is 9.86. The highest BCUT2D eigenvalue weighted by Gasteiger charge is 2.23. The second kappa shape index (κ2) is 13.1. The van der Waals surface area contributed by atoms with Crippen molar-refractivity contribution in [1.82, 2.24) is 15.1 Å². The number of fused-ring (bicyclic) bond motifs is 1. The Labute approximate surface area is 194 Å². The highest BCUT2D eigenvalue weighted by atomic mass is 16.5. The Morgan fingerprint density at radius 3 is 2.97 bits per heavy atom. The summed E-state index contributed by atoms with van der Waals surface area (Å²) in [5, 5.41) is 7.67. The lowest BCUT2D eigenvalue weighted by molar-refractivity contribution is 0.0499. The van der Waals surface area contributed by atoms with Crippen molar-refractivity contribution in [2.45, 2.75) is 52.2 Å². The van der Waals surface area contributed by atoms with Gasteiger partial charge >= 0.3 is 5.97 Å². The SMILES string of the molecule is CCn1nc(CCCOC(=O)c2cccc(COCN)c2)c2c1C(=O)NCCCOCCC2. The first-order chi connectivity index (χ1) is 16.1. The summed E-state index contributed by atoms with van der Waals surface area (Å²) in [5.41, 5.74) is 9.20. The Hall–Kier alpha value is -2.75. The summed E-state index contributed by atoms with van der Waals surface area (Å²) < 4.78 is 18.1. The van der Waals surface area contributed by atoms with Crippen LogP contribution in [0.3, 0.4) is 0 Å². The molecule has 9 heteroatoms. The number of carbonyl (C=O) groups excluding carboxylic acids is 2. The Bertz CT molecular complexity index is 928. The van der Waals surface area contributed by atoms with Crippen LogP contribution >= 0.6 is 0 Å². The number of esters is 1. The van der Waals surface area contributed by atoms with Crippen LogP contribution in [0.5, 0.6) is 0 Å². The minimum Gasteiger partial charge on any atom is -0.462 e. The van der Waals surface area contributed by atoms with Gasteiger partial charge in [0.15, 0.2) is 0 Å². The van der Waals surface area contributed by atoms with Crippen LogP contribution in [-0.2, 0) is 40.2 Å². The van der Waals surface area contributed by atoms with E-state index in [-0.39, 0.29) is 25.2 Å². The second-order valence-electron chi connectivity index (χ2n) is 7.87. The lowest BCUT2D eigenvalue weighted by atomic mass is 10.0. The Balaban J connectivity index is 1.61. The number of benzene rings is 1. The molecule has 0 aliphatic carbocycles. The van der Waals surface area contributed by atoms with Crippen LogP contribution in [0.1, 0.15) is 63.9 Å². The van der Waals surface area contributed by atoms with E-state index in [1.54, 1.807) is 22.9 Å². The maximum atomic E-state index is 12.8. The van der Waals surface area contributed by atoms with Gasteiger partial charge in [0.2, 0.25) is 0 Å². The number of carbonyl (C=O) groups is 2. The molecule has 1 amide bonds. The third-order valence-corrected chi connectivity index (χ3v) is 5.46. The van der Waals surface area contributed by atoms with Crippen molar-refractivity contribution in [3.63, 3.8) is 0 Å². The lowest BCUT2D eigenvalue weighted by Gasteiger charge is -2.08. The first kappa shape index (κ1) is 24.9. The molecule has 0 spiro atoms. The van der Waals surface area contributed by atoms with Crippen LogP contribution in [0, 0.1) is 0 Å². The minimum absolute atomic E-state index is 0.0857. The number of aryl methyl sites for hydroxylation is 2. The van der Waals surface area contributed by atoms with Gasteiger partial charge in [-0.3, -0.25) is 9.48 Å². The van der Waals surface area contributed by atoms with Crippen molar-refractivity contribution >= 4 is 11.9 Å². The molecule has 1 aliphatic rings. The minimum atomic E-state index is -0.375. The average Bonchev–Trinajstić information content (AvgIpc) is 3.17. The summed E-state index contributed by atoms with van der Waals surface area (Å²) >= 11 is 0. The molecular weight excluding hydrogens is 424 g/mol. The first-order valence-electron chi connectivity index (χ1n) is 11.6. The molecule has 180 valence electrons. The fourth-order valence-corrected chi connectivity index (χ4v) is 3.86. The quantitative estimate of drug-likeness (QED) is 0.336. The number of nitrogens with two attached hydrogens (primary N) is 1. The zero-order valence-electron chi connectivity index (χ0n) is 19.3. The lowest BCUT2D eigenvalue weighted by Crippen LogP contribution is -2.28. The zero-order chi connectivity index (χ0) is 23.5. The van der Waals surface area contributed by atoms with Gasteiger partial charge in [0.1, 0.15) is 5.69 Å². The molecule has 1 aromatic heterocycles. The predicted molar refractivity (Wildman–Crippen MR) is 123 cm³/mol. The molecule has 1 aromatic carbocycles. The average molecular weight is 459 g/mol. The van der Waals surface area contributed by atoms with E-state index in [9.17, 15) is 9.59 Å². The Morgan fingerprint density at radius 1 is 1.30 bits per heavy atom. The molecule has 3 rings (SSSR count). The number of amides is 1. The van der Waals surface area contributed by atoms with Gasteiger partial charge in [-0.1, -0.05) is 12.1 Å². The molecule has 0 unspecified atom stereocenters. The molecule has 0 bridgehead atoms. The van der Waals surface area contributed by atoms with E-state index in [2.05, 4.69) is 5.32 Å². The third-order valence-electron chi connectivity index (χ3n) is 5.46. The van der Waals surface area contributed by atoms with Gasteiger partial charge in [-0.25, -0.2) is 4.79 Å². The Morgan fingerprint density at radius 2 is 2.15 bits per heavy atom. The molecule has 0 atom stereocenters. The van der Waals surface area contributed by atoms with Crippen molar-refractivity contribution in [1.29, 1.82) is 0 Å². The van der Waals surface area contributed by atoms with Gasteiger partial charge in [0, 0.05) is 31.9 Å². The number of nitrogens with zero attached hydrogens (tertiary/aromatic N) is 2.